The first kappa shape index (κ1) is 15.5. The van der Waals surface area contributed by atoms with E-state index in [2.05, 4.69) is 10.6 Å². The summed E-state index contributed by atoms with van der Waals surface area (Å²) >= 11 is 0. The third-order valence-electron chi connectivity index (χ3n) is 4.75. The van der Waals surface area contributed by atoms with Crippen LogP contribution in [-0.4, -0.2) is 62.2 Å². The average molecular weight is 322 g/mol. The van der Waals surface area contributed by atoms with E-state index in [0.717, 1.165) is 18.7 Å². The lowest BCUT2D eigenvalue weighted by Gasteiger charge is -2.52. The fourth-order valence-corrected chi connectivity index (χ4v) is 3.61. The minimum atomic E-state index is -0.853. The van der Waals surface area contributed by atoms with Gasteiger partial charge in [-0.05, 0) is 0 Å². The first-order chi connectivity index (χ1) is 11.2. The van der Waals surface area contributed by atoms with Crippen LogP contribution in [-0.2, 0) is 18.9 Å². The second-order valence-corrected chi connectivity index (χ2v) is 6.09. The summed E-state index contributed by atoms with van der Waals surface area (Å²) in [5.41, 5.74) is 0.0718. The van der Waals surface area contributed by atoms with Gasteiger partial charge in [-0.2, -0.15) is 0 Å². The van der Waals surface area contributed by atoms with Crippen molar-refractivity contribution in [3.8, 4) is 0 Å². The van der Waals surface area contributed by atoms with Crippen molar-refractivity contribution < 1.29 is 24.1 Å². The second kappa shape index (κ2) is 6.10. The summed E-state index contributed by atoms with van der Waals surface area (Å²) in [5.74, 6) is 0. The number of fused-ring (bicyclic) bond motifs is 1. The molecule has 0 radical (unpaired) electrons. The molecule has 126 valence electrons. The number of rotatable bonds is 2. The van der Waals surface area contributed by atoms with E-state index in [1.165, 1.54) is 0 Å². The third kappa shape index (κ3) is 2.49. The van der Waals surface area contributed by atoms with Crippen LogP contribution in [0, 0.1) is 0 Å². The number of ether oxygens (including phenoxy) is 4. The highest BCUT2D eigenvalue weighted by atomic mass is 16.7. The van der Waals surface area contributed by atoms with Gasteiger partial charge < -0.3 is 24.1 Å². The molecule has 3 heterocycles. The van der Waals surface area contributed by atoms with E-state index in [1.54, 1.807) is 7.11 Å². The van der Waals surface area contributed by atoms with Gasteiger partial charge in [-0.25, -0.2) is 0 Å². The SMILES string of the molecule is CO[C@H]1O[C@@H]2CO[C@@H](c3ccccc3)O[C@H]2[C@H](O)C12NCCN2. The van der Waals surface area contributed by atoms with Crippen LogP contribution < -0.4 is 10.6 Å². The lowest BCUT2D eigenvalue weighted by molar-refractivity contribution is -0.359. The second-order valence-electron chi connectivity index (χ2n) is 6.09. The van der Waals surface area contributed by atoms with Crippen molar-refractivity contribution in [3.05, 3.63) is 35.9 Å². The Kier molecular flexibility index (Phi) is 4.10. The van der Waals surface area contributed by atoms with E-state index in [4.69, 9.17) is 18.9 Å². The quantitative estimate of drug-likeness (QED) is 0.691. The molecule has 3 aliphatic rings. The first-order valence-electron chi connectivity index (χ1n) is 7.93. The minimum Gasteiger partial charge on any atom is -0.387 e. The van der Waals surface area contributed by atoms with E-state index >= 15 is 0 Å². The standard InChI is InChI=1S/C16H22N2O5/c1-20-15-16(17-7-8-18-16)13(19)12-11(22-15)9-21-14(23-12)10-5-3-2-4-6-10/h2-6,11-15,17-19H,7-9H2,1H3/t11-,12-,13+,14-,15+/m1/s1. The zero-order chi connectivity index (χ0) is 15.9. The lowest BCUT2D eigenvalue weighted by atomic mass is 9.90. The predicted molar refractivity (Wildman–Crippen MR) is 80.4 cm³/mol. The van der Waals surface area contributed by atoms with E-state index in [9.17, 15) is 5.11 Å². The smallest absolute Gasteiger partial charge is 0.192 e. The van der Waals surface area contributed by atoms with Gasteiger partial charge in [0, 0.05) is 25.8 Å². The average Bonchev–Trinajstić information content (AvgIpc) is 3.09. The van der Waals surface area contributed by atoms with Gasteiger partial charge in [0.2, 0.25) is 0 Å². The summed E-state index contributed by atoms with van der Waals surface area (Å²) in [6.07, 6.45) is -2.80. The number of nitrogens with one attached hydrogen (secondary N) is 2. The van der Waals surface area contributed by atoms with Crippen molar-refractivity contribution in [1.82, 2.24) is 10.6 Å². The zero-order valence-corrected chi connectivity index (χ0v) is 13.0. The van der Waals surface area contributed by atoms with Gasteiger partial charge in [0.1, 0.15) is 18.3 Å². The molecule has 3 saturated heterocycles. The van der Waals surface area contributed by atoms with Crippen molar-refractivity contribution in [3.63, 3.8) is 0 Å². The van der Waals surface area contributed by atoms with Crippen LogP contribution in [0.4, 0.5) is 0 Å². The van der Waals surface area contributed by atoms with Crippen molar-refractivity contribution in [2.75, 3.05) is 26.8 Å². The molecule has 0 amide bonds. The van der Waals surface area contributed by atoms with Crippen LogP contribution in [0.15, 0.2) is 30.3 Å². The molecule has 0 bridgehead atoms. The number of aliphatic hydroxyl groups is 1. The monoisotopic (exact) mass is 322 g/mol. The molecule has 5 atom stereocenters. The summed E-state index contributed by atoms with van der Waals surface area (Å²) in [7, 11) is 1.57. The zero-order valence-electron chi connectivity index (χ0n) is 13.0. The lowest BCUT2D eigenvalue weighted by Crippen LogP contribution is -2.76. The summed E-state index contributed by atoms with van der Waals surface area (Å²) in [4.78, 5) is 0. The Hall–Kier alpha value is -1.06. The molecular weight excluding hydrogens is 300 g/mol. The molecule has 7 heteroatoms. The molecule has 3 aliphatic heterocycles. The normalized spacial score (nSPS) is 39.3. The van der Waals surface area contributed by atoms with Crippen LogP contribution >= 0.6 is 0 Å². The van der Waals surface area contributed by atoms with Gasteiger partial charge in [-0.3, -0.25) is 10.6 Å². The molecule has 7 nitrogen and oxygen atoms in total. The molecule has 23 heavy (non-hydrogen) atoms. The molecule has 4 rings (SSSR count). The highest BCUT2D eigenvalue weighted by Gasteiger charge is 2.59. The molecule has 0 saturated carbocycles. The number of methoxy groups -OCH3 is 1. The number of aliphatic hydroxyl groups excluding tert-OH is 1. The van der Waals surface area contributed by atoms with E-state index in [-0.39, 0.29) is 6.10 Å². The van der Waals surface area contributed by atoms with Gasteiger partial charge in [0.05, 0.1) is 6.61 Å². The van der Waals surface area contributed by atoms with Gasteiger partial charge >= 0.3 is 0 Å². The molecule has 0 aromatic heterocycles. The molecule has 3 N–H and O–H groups in total. The van der Waals surface area contributed by atoms with Crippen LogP contribution in [0.25, 0.3) is 0 Å². The fraction of sp³-hybridized carbons (Fsp3) is 0.625. The maximum absolute atomic E-state index is 11.0. The Bertz CT molecular complexity index is 537. The summed E-state index contributed by atoms with van der Waals surface area (Å²) < 4.78 is 23.2. The Morgan fingerprint density at radius 3 is 2.61 bits per heavy atom. The number of hydrogen-bond acceptors (Lipinski definition) is 7. The number of hydrogen-bond donors (Lipinski definition) is 3. The molecule has 0 aliphatic carbocycles. The van der Waals surface area contributed by atoms with Crippen molar-refractivity contribution in [1.29, 1.82) is 0 Å². The van der Waals surface area contributed by atoms with Crippen molar-refractivity contribution >= 4 is 0 Å². The summed E-state index contributed by atoms with van der Waals surface area (Å²) in [5, 5.41) is 17.5. The first-order valence-corrected chi connectivity index (χ1v) is 7.93. The predicted octanol–water partition coefficient (Wildman–Crippen LogP) is -0.278. The van der Waals surface area contributed by atoms with Crippen LogP contribution in [0.1, 0.15) is 11.9 Å². The van der Waals surface area contributed by atoms with E-state index in [0.29, 0.717) is 6.61 Å². The largest absolute Gasteiger partial charge is 0.387 e. The van der Waals surface area contributed by atoms with E-state index < -0.39 is 30.5 Å². The molecule has 1 aromatic rings. The maximum atomic E-state index is 11.0. The van der Waals surface area contributed by atoms with Gasteiger partial charge in [-0.15, -0.1) is 0 Å². The summed E-state index contributed by atoms with van der Waals surface area (Å²) in [6, 6.07) is 9.70. The van der Waals surface area contributed by atoms with E-state index in [1.807, 2.05) is 30.3 Å². The Labute approximate surface area is 134 Å². The highest BCUT2D eigenvalue weighted by molar-refractivity contribution is 5.17. The van der Waals surface area contributed by atoms with Gasteiger partial charge in [0.15, 0.2) is 18.2 Å². The molecular formula is C16H22N2O5. The minimum absolute atomic E-state index is 0.344. The molecule has 1 spiro atoms. The molecule has 1 aromatic carbocycles. The maximum Gasteiger partial charge on any atom is 0.192 e. The van der Waals surface area contributed by atoms with Crippen LogP contribution in [0.2, 0.25) is 0 Å². The molecule has 0 unspecified atom stereocenters. The Balaban J connectivity index is 1.58. The topological polar surface area (TPSA) is 81.2 Å². The van der Waals surface area contributed by atoms with Gasteiger partial charge in [0.25, 0.3) is 0 Å². The fourth-order valence-electron chi connectivity index (χ4n) is 3.61. The Morgan fingerprint density at radius 1 is 1.17 bits per heavy atom. The summed E-state index contributed by atoms with van der Waals surface area (Å²) in [6.45, 7) is 1.81. The highest BCUT2D eigenvalue weighted by Crippen LogP contribution is 2.38. The third-order valence-corrected chi connectivity index (χ3v) is 4.75. The van der Waals surface area contributed by atoms with Crippen molar-refractivity contribution in [2.24, 2.45) is 0 Å². The van der Waals surface area contributed by atoms with Crippen LogP contribution in [0.5, 0.6) is 0 Å². The Morgan fingerprint density at radius 2 is 1.91 bits per heavy atom. The van der Waals surface area contributed by atoms with Crippen molar-refractivity contribution in [2.45, 2.75) is 36.6 Å². The van der Waals surface area contributed by atoms with Gasteiger partial charge in [-0.1, -0.05) is 30.3 Å². The number of benzene rings is 1. The molecule has 3 fully saturated rings. The van der Waals surface area contributed by atoms with Crippen LogP contribution in [0.3, 0.4) is 0 Å².